The van der Waals surface area contributed by atoms with Crippen molar-refractivity contribution in [2.45, 2.75) is 25.5 Å². The van der Waals surface area contributed by atoms with Gasteiger partial charge in [-0.3, -0.25) is 9.59 Å². The molecule has 3 rings (SSSR count). The molecule has 7 heteroatoms. The number of thioether (sulfide) groups is 1. The largest absolute Gasteiger partial charge is 0.339 e. The molecule has 1 aromatic heterocycles. The third kappa shape index (κ3) is 3.40. The quantitative estimate of drug-likeness (QED) is 0.793. The van der Waals surface area contributed by atoms with Gasteiger partial charge in [0, 0.05) is 39.6 Å². The lowest BCUT2D eigenvalue weighted by atomic mass is 10.3. The number of piperazine rings is 1. The van der Waals surface area contributed by atoms with Crippen molar-refractivity contribution in [1.82, 2.24) is 19.4 Å². The fourth-order valence-corrected chi connectivity index (χ4v) is 3.94. The van der Waals surface area contributed by atoms with E-state index in [0.29, 0.717) is 31.9 Å². The number of amides is 2. The predicted octanol–water partition coefficient (Wildman–Crippen LogP) is 1.84. The molecule has 2 amide bonds. The second-order valence-corrected chi connectivity index (χ2v) is 6.75. The number of hydrogen-bond donors (Lipinski definition) is 0. The van der Waals surface area contributed by atoms with Crippen molar-refractivity contribution >= 4 is 34.6 Å². The molecule has 1 saturated heterocycles. The lowest BCUT2D eigenvalue weighted by Gasteiger charge is -2.34. The number of para-hydroxylation sites is 2. The third-order valence-corrected chi connectivity index (χ3v) is 5.30. The number of aryl methyl sites for hydroxylation is 1. The molecule has 0 N–H and O–H groups in total. The summed E-state index contributed by atoms with van der Waals surface area (Å²) < 4.78 is 2.14. The normalized spacial score (nSPS) is 15.1. The molecule has 0 bridgehead atoms. The van der Waals surface area contributed by atoms with Gasteiger partial charge in [-0.05, 0) is 19.1 Å². The molecular formula is C17H22N4O2S. The van der Waals surface area contributed by atoms with Crippen LogP contribution in [0.1, 0.15) is 13.8 Å². The first kappa shape index (κ1) is 16.8. The van der Waals surface area contributed by atoms with Gasteiger partial charge in [0.1, 0.15) is 0 Å². The van der Waals surface area contributed by atoms with Gasteiger partial charge in [-0.2, -0.15) is 0 Å². The Bertz CT molecular complexity index is 750. The molecule has 6 nitrogen and oxygen atoms in total. The van der Waals surface area contributed by atoms with E-state index in [1.165, 1.54) is 11.8 Å². The molecule has 2 aromatic rings. The van der Waals surface area contributed by atoms with Gasteiger partial charge in [-0.1, -0.05) is 23.9 Å². The Hall–Kier alpha value is -2.02. The Morgan fingerprint density at radius 2 is 1.79 bits per heavy atom. The SMILES string of the molecule is CCn1c(SCC(=O)N2CCN(C(C)=O)CC2)nc2ccccc21. The zero-order chi connectivity index (χ0) is 17.1. The van der Waals surface area contributed by atoms with Gasteiger partial charge in [0.15, 0.2) is 5.16 Å². The number of hydrogen-bond acceptors (Lipinski definition) is 4. The van der Waals surface area contributed by atoms with Crippen molar-refractivity contribution in [2.24, 2.45) is 0 Å². The van der Waals surface area contributed by atoms with Crippen molar-refractivity contribution in [2.75, 3.05) is 31.9 Å². The van der Waals surface area contributed by atoms with Gasteiger partial charge in [0.2, 0.25) is 11.8 Å². The number of rotatable bonds is 4. The average molecular weight is 346 g/mol. The fourth-order valence-electron chi connectivity index (χ4n) is 2.96. The van der Waals surface area contributed by atoms with E-state index in [1.807, 2.05) is 23.1 Å². The maximum Gasteiger partial charge on any atom is 0.233 e. The highest BCUT2D eigenvalue weighted by Crippen LogP contribution is 2.24. The maximum absolute atomic E-state index is 12.4. The van der Waals surface area contributed by atoms with Gasteiger partial charge < -0.3 is 14.4 Å². The van der Waals surface area contributed by atoms with Crippen LogP contribution in [0, 0.1) is 0 Å². The minimum atomic E-state index is 0.0770. The van der Waals surface area contributed by atoms with Gasteiger partial charge in [-0.15, -0.1) is 0 Å². The van der Waals surface area contributed by atoms with Crippen molar-refractivity contribution in [1.29, 1.82) is 0 Å². The van der Waals surface area contributed by atoms with Crippen LogP contribution in [-0.2, 0) is 16.1 Å². The molecule has 0 radical (unpaired) electrons. The van der Waals surface area contributed by atoms with E-state index in [2.05, 4.69) is 22.5 Å². The minimum absolute atomic E-state index is 0.0770. The van der Waals surface area contributed by atoms with E-state index in [1.54, 1.807) is 11.8 Å². The number of nitrogens with zero attached hydrogens (tertiary/aromatic N) is 4. The topological polar surface area (TPSA) is 58.4 Å². The Morgan fingerprint density at radius 3 is 2.46 bits per heavy atom. The first-order valence-corrected chi connectivity index (χ1v) is 9.20. The summed E-state index contributed by atoms with van der Waals surface area (Å²) in [7, 11) is 0. The van der Waals surface area contributed by atoms with Crippen LogP contribution < -0.4 is 0 Å². The van der Waals surface area contributed by atoms with Crippen LogP contribution >= 0.6 is 11.8 Å². The van der Waals surface area contributed by atoms with Crippen LogP contribution in [0.5, 0.6) is 0 Å². The summed E-state index contributed by atoms with van der Waals surface area (Å²) in [6.07, 6.45) is 0. The van der Waals surface area contributed by atoms with E-state index in [0.717, 1.165) is 22.7 Å². The lowest BCUT2D eigenvalue weighted by Crippen LogP contribution is -2.50. The number of carbonyl (C=O) groups excluding carboxylic acids is 2. The van der Waals surface area contributed by atoms with E-state index in [-0.39, 0.29) is 11.8 Å². The molecule has 1 aromatic carbocycles. The molecule has 0 aliphatic carbocycles. The second-order valence-electron chi connectivity index (χ2n) is 5.80. The lowest BCUT2D eigenvalue weighted by molar-refractivity contribution is -0.136. The van der Waals surface area contributed by atoms with Crippen molar-refractivity contribution in [3.8, 4) is 0 Å². The van der Waals surface area contributed by atoms with E-state index in [9.17, 15) is 9.59 Å². The molecule has 0 saturated carbocycles. The highest BCUT2D eigenvalue weighted by Gasteiger charge is 2.22. The van der Waals surface area contributed by atoms with Crippen LogP contribution in [0.25, 0.3) is 11.0 Å². The molecular weight excluding hydrogens is 324 g/mol. The van der Waals surface area contributed by atoms with Crippen LogP contribution in [-0.4, -0.2) is 63.1 Å². The summed E-state index contributed by atoms with van der Waals surface area (Å²) in [6, 6.07) is 8.03. The molecule has 0 spiro atoms. The van der Waals surface area contributed by atoms with E-state index in [4.69, 9.17) is 0 Å². The second kappa shape index (κ2) is 7.25. The molecule has 0 unspecified atom stereocenters. The summed E-state index contributed by atoms with van der Waals surface area (Å²) in [4.78, 5) is 32.0. The first-order chi connectivity index (χ1) is 11.6. The molecule has 1 aliphatic rings. The number of carbonyl (C=O) groups is 2. The van der Waals surface area contributed by atoms with E-state index < -0.39 is 0 Å². The van der Waals surface area contributed by atoms with Gasteiger partial charge in [0.05, 0.1) is 16.8 Å². The van der Waals surface area contributed by atoms with Crippen molar-refractivity contribution < 1.29 is 9.59 Å². The van der Waals surface area contributed by atoms with E-state index >= 15 is 0 Å². The van der Waals surface area contributed by atoms with Crippen LogP contribution in [0.3, 0.4) is 0 Å². The zero-order valence-corrected chi connectivity index (χ0v) is 14.9. The maximum atomic E-state index is 12.4. The van der Waals surface area contributed by atoms with Crippen molar-refractivity contribution in [3.63, 3.8) is 0 Å². The van der Waals surface area contributed by atoms with Crippen LogP contribution in [0.4, 0.5) is 0 Å². The molecule has 1 aliphatic heterocycles. The molecule has 2 heterocycles. The summed E-state index contributed by atoms with van der Waals surface area (Å²) in [5, 5.41) is 0.884. The first-order valence-electron chi connectivity index (χ1n) is 8.21. The summed E-state index contributed by atoms with van der Waals surface area (Å²) in [5.41, 5.74) is 2.06. The Morgan fingerprint density at radius 1 is 1.12 bits per heavy atom. The molecule has 128 valence electrons. The summed E-state index contributed by atoms with van der Waals surface area (Å²) >= 11 is 1.49. The van der Waals surface area contributed by atoms with Crippen LogP contribution in [0.2, 0.25) is 0 Å². The summed E-state index contributed by atoms with van der Waals surface area (Å²) in [5.74, 6) is 0.565. The highest BCUT2D eigenvalue weighted by molar-refractivity contribution is 7.99. The number of fused-ring (bicyclic) bond motifs is 1. The number of imidazole rings is 1. The van der Waals surface area contributed by atoms with Crippen molar-refractivity contribution in [3.05, 3.63) is 24.3 Å². The highest BCUT2D eigenvalue weighted by atomic mass is 32.2. The Kier molecular flexibility index (Phi) is 5.08. The predicted molar refractivity (Wildman–Crippen MR) is 95.0 cm³/mol. The standard InChI is InChI=1S/C17H22N4O2S/c1-3-21-15-7-5-4-6-14(15)18-17(21)24-12-16(23)20-10-8-19(9-11-20)13(2)22/h4-7H,3,8-12H2,1-2H3. The fraction of sp³-hybridized carbons (Fsp3) is 0.471. The molecule has 0 atom stereocenters. The zero-order valence-electron chi connectivity index (χ0n) is 14.1. The monoisotopic (exact) mass is 346 g/mol. The van der Waals surface area contributed by atoms with Gasteiger partial charge in [-0.25, -0.2) is 4.98 Å². The number of benzene rings is 1. The summed E-state index contributed by atoms with van der Waals surface area (Å²) in [6.45, 7) is 6.96. The van der Waals surface area contributed by atoms with Crippen LogP contribution in [0.15, 0.2) is 29.4 Å². The average Bonchev–Trinajstić information content (AvgIpc) is 2.97. The molecule has 1 fully saturated rings. The minimum Gasteiger partial charge on any atom is -0.339 e. The van der Waals surface area contributed by atoms with Gasteiger partial charge in [0.25, 0.3) is 0 Å². The number of aromatic nitrogens is 2. The Balaban J connectivity index is 1.62. The third-order valence-electron chi connectivity index (χ3n) is 4.34. The smallest absolute Gasteiger partial charge is 0.233 e. The molecule has 24 heavy (non-hydrogen) atoms. The van der Waals surface area contributed by atoms with Gasteiger partial charge >= 0.3 is 0 Å². The Labute approximate surface area is 145 Å².